The summed E-state index contributed by atoms with van der Waals surface area (Å²) in [7, 11) is 1.65. The summed E-state index contributed by atoms with van der Waals surface area (Å²) in [5.74, 6) is 0.830. The molecular weight excluding hydrogens is 368 g/mol. The number of hydrogen-bond acceptors (Lipinski definition) is 4. The average Bonchev–Trinajstić information content (AvgIpc) is 3.21. The van der Waals surface area contributed by atoms with Gasteiger partial charge in [-0.3, -0.25) is 9.69 Å². The van der Waals surface area contributed by atoms with Crippen molar-refractivity contribution >= 4 is 17.2 Å². The van der Waals surface area contributed by atoms with Crippen molar-refractivity contribution in [2.24, 2.45) is 0 Å². The molecule has 2 aromatic carbocycles. The second-order valence-electron chi connectivity index (χ2n) is 6.92. The fourth-order valence-electron chi connectivity index (χ4n) is 3.85. The maximum absolute atomic E-state index is 12.7. The van der Waals surface area contributed by atoms with Gasteiger partial charge in [0.2, 0.25) is 5.91 Å². The summed E-state index contributed by atoms with van der Waals surface area (Å²) in [6.45, 7) is 1.73. The molecule has 1 aromatic heterocycles. The van der Waals surface area contributed by atoms with E-state index >= 15 is 0 Å². The minimum absolute atomic E-state index is 0.0329. The number of fused-ring (bicyclic) bond motifs is 1. The second kappa shape index (κ2) is 8.59. The number of thiophene rings is 1. The Morgan fingerprint density at radius 2 is 1.93 bits per heavy atom. The van der Waals surface area contributed by atoms with Gasteiger partial charge in [0.1, 0.15) is 5.75 Å². The van der Waals surface area contributed by atoms with Gasteiger partial charge in [-0.25, -0.2) is 0 Å². The maximum atomic E-state index is 12.7. The number of amides is 1. The Hall–Kier alpha value is -2.63. The third kappa shape index (κ3) is 3.96. The fraction of sp³-hybridized carbons (Fsp3) is 0.261. The van der Waals surface area contributed by atoms with E-state index in [1.807, 2.05) is 41.7 Å². The number of ether oxygens (including phenoxy) is 1. The van der Waals surface area contributed by atoms with E-state index in [2.05, 4.69) is 45.9 Å². The van der Waals surface area contributed by atoms with Gasteiger partial charge in [0.05, 0.1) is 19.7 Å². The molecule has 0 fully saturated rings. The van der Waals surface area contributed by atoms with E-state index in [0.29, 0.717) is 13.1 Å². The number of benzene rings is 2. The molecule has 28 heavy (non-hydrogen) atoms. The summed E-state index contributed by atoms with van der Waals surface area (Å²) in [5.41, 5.74) is 3.55. The Kier molecular flexibility index (Phi) is 5.74. The highest BCUT2D eigenvalue weighted by atomic mass is 32.1. The smallest absolute Gasteiger partial charge is 0.234 e. The van der Waals surface area contributed by atoms with Crippen LogP contribution >= 0.6 is 11.3 Å². The molecule has 0 bridgehead atoms. The Labute approximate surface area is 169 Å². The van der Waals surface area contributed by atoms with E-state index in [1.54, 1.807) is 7.11 Å². The lowest BCUT2D eigenvalue weighted by atomic mass is 9.93. The van der Waals surface area contributed by atoms with Crippen molar-refractivity contribution in [3.05, 3.63) is 87.6 Å². The summed E-state index contributed by atoms with van der Waals surface area (Å²) in [4.78, 5) is 16.4. The largest absolute Gasteiger partial charge is 0.496 e. The summed E-state index contributed by atoms with van der Waals surface area (Å²) in [5, 5.41) is 5.21. The molecule has 1 aliphatic rings. The first-order valence-electron chi connectivity index (χ1n) is 9.50. The highest BCUT2D eigenvalue weighted by Crippen LogP contribution is 2.37. The van der Waals surface area contributed by atoms with Crippen LogP contribution in [-0.4, -0.2) is 31.0 Å². The maximum Gasteiger partial charge on any atom is 0.234 e. The Bertz CT molecular complexity index is 939. The van der Waals surface area contributed by atoms with E-state index < -0.39 is 0 Å². The van der Waals surface area contributed by atoms with Gasteiger partial charge in [0.25, 0.3) is 0 Å². The number of nitrogens with one attached hydrogen (secondary N) is 1. The normalized spacial score (nSPS) is 16.4. The van der Waals surface area contributed by atoms with Crippen LogP contribution in [0.2, 0.25) is 0 Å². The predicted molar refractivity (Wildman–Crippen MR) is 113 cm³/mol. The molecular formula is C23H24N2O2S. The van der Waals surface area contributed by atoms with Gasteiger partial charge in [-0.05, 0) is 35.1 Å². The average molecular weight is 393 g/mol. The third-order valence-corrected chi connectivity index (χ3v) is 6.19. The number of hydrogen-bond donors (Lipinski definition) is 1. The van der Waals surface area contributed by atoms with E-state index in [9.17, 15) is 4.79 Å². The first-order valence-corrected chi connectivity index (χ1v) is 10.4. The molecule has 1 aliphatic heterocycles. The van der Waals surface area contributed by atoms with Gasteiger partial charge in [-0.1, -0.05) is 48.5 Å². The van der Waals surface area contributed by atoms with Crippen LogP contribution in [0.25, 0.3) is 0 Å². The molecule has 1 amide bonds. The second-order valence-corrected chi connectivity index (χ2v) is 7.92. The zero-order valence-electron chi connectivity index (χ0n) is 15.9. The van der Waals surface area contributed by atoms with Crippen LogP contribution in [0.5, 0.6) is 5.75 Å². The first kappa shape index (κ1) is 18.7. The van der Waals surface area contributed by atoms with Crippen molar-refractivity contribution in [1.82, 2.24) is 10.2 Å². The lowest BCUT2D eigenvalue weighted by Crippen LogP contribution is -2.42. The van der Waals surface area contributed by atoms with Crippen LogP contribution in [0.4, 0.5) is 0 Å². The van der Waals surface area contributed by atoms with Crippen LogP contribution in [-0.2, 0) is 17.8 Å². The quantitative estimate of drug-likeness (QED) is 0.689. The van der Waals surface area contributed by atoms with Crippen LogP contribution in [0.3, 0.4) is 0 Å². The number of methoxy groups -OCH3 is 1. The summed E-state index contributed by atoms with van der Waals surface area (Å²) in [6.07, 6.45) is 0.996. The van der Waals surface area contributed by atoms with Crippen molar-refractivity contribution in [2.45, 2.75) is 19.0 Å². The topological polar surface area (TPSA) is 41.6 Å². The van der Waals surface area contributed by atoms with Gasteiger partial charge >= 0.3 is 0 Å². The van der Waals surface area contributed by atoms with E-state index in [-0.39, 0.29) is 11.9 Å². The molecule has 144 valence electrons. The SMILES string of the molecule is COc1ccccc1CNC(=O)CN1CCc2sccc2C1c1ccccc1. The summed E-state index contributed by atoms with van der Waals surface area (Å²) < 4.78 is 5.37. The van der Waals surface area contributed by atoms with E-state index in [0.717, 1.165) is 24.3 Å². The van der Waals surface area contributed by atoms with Crippen LogP contribution < -0.4 is 10.1 Å². The minimum Gasteiger partial charge on any atom is -0.496 e. The number of carbonyl (C=O) groups excluding carboxylic acids is 1. The highest BCUT2D eigenvalue weighted by Gasteiger charge is 2.30. The summed E-state index contributed by atoms with van der Waals surface area (Å²) in [6, 6.07) is 20.6. The molecule has 0 spiro atoms. The molecule has 1 atom stereocenters. The first-order chi connectivity index (χ1) is 13.8. The van der Waals surface area contributed by atoms with Crippen molar-refractivity contribution in [3.8, 4) is 5.75 Å². The number of nitrogens with zero attached hydrogens (tertiary/aromatic N) is 1. The van der Waals surface area contributed by atoms with Crippen LogP contribution in [0, 0.1) is 0 Å². The third-order valence-electron chi connectivity index (χ3n) is 5.20. The molecule has 3 aromatic rings. The zero-order chi connectivity index (χ0) is 19.3. The minimum atomic E-state index is 0.0329. The standard InChI is InChI=1S/C23H24N2O2S/c1-27-20-10-6-5-9-18(20)15-24-22(26)16-25-13-11-21-19(12-14-28-21)23(25)17-7-3-2-4-8-17/h2-10,12,14,23H,11,13,15-16H2,1H3,(H,24,26). The molecule has 0 saturated heterocycles. The van der Waals surface area contributed by atoms with E-state index in [4.69, 9.17) is 4.74 Å². The summed E-state index contributed by atoms with van der Waals surface area (Å²) >= 11 is 1.82. The molecule has 4 nitrogen and oxygen atoms in total. The number of carbonyl (C=O) groups is 1. The van der Waals surface area contributed by atoms with Crippen LogP contribution in [0.15, 0.2) is 66.0 Å². The van der Waals surface area contributed by atoms with Crippen molar-refractivity contribution < 1.29 is 9.53 Å². The molecule has 0 saturated carbocycles. The van der Waals surface area contributed by atoms with Gasteiger partial charge in [0, 0.05) is 23.5 Å². The van der Waals surface area contributed by atoms with Gasteiger partial charge in [-0.2, -0.15) is 0 Å². The number of rotatable bonds is 6. The van der Waals surface area contributed by atoms with Crippen molar-refractivity contribution in [1.29, 1.82) is 0 Å². The van der Waals surface area contributed by atoms with Gasteiger partial charge in [0.15, 0.2) is 0 Å². The van der Waals surface area contributed by atoms with Crippen molar-refractivity contribution in [2.75, 3.05) is 20.2 Å². The highest BCUT2D eigenvalue weighted by molar-refractivity contribution is 7.10. The van der Waals surface area contributed by atoms with Crippen molar-refractivity contribution in [3.63, 3.8) is 0 Å². The fourth-order valence-corrected chi connectivity index (χ4v) is 4.75. The van der Waals surface area contributed by atoms with Gasteiger partial charge < -0.3 is 10.1 Å². The molecule has 0 radical (unpaired) electrons. The van der Waals surface area contributed by atoms with E-state index in [1.165, 1.54) is 16.0 Å². The lowest BCUT2D eigenvalue weighted by molar-refractivity contribution is -0.122. The molecule has 1 unspecified atom stereocenters. The molecule has 5 heteroatoms. The van der Waals surface area contributed by atoms with Gasteiger partial charge in [-0.15, -0.1) is 11.3 Å². The molecule has 2 heterocycles. The Morgan fingerprint density at radius 1 is 1.14 bits per heavy atom. The van der Waals surface area contributed by atoms with Crippen LogP contribution in [0.1, 0.15) is 27.6 Å². The monoisotopic (exact) mass is 392 g/mol. The Balaban J connectivity index is 1.48. The number of para-hydroxylation sites is 1. The molecule has 1 N–H and O–H groups in total. The predicted octanol–water partition coefficient (Wildman–Crippen LogP) is 4.02. The Morgan fingerprint density at radius 3 is 2.75 bits per heavy atom. The lowest BCUT2D eigenvalue weighted by Gasteiger charge is -2.35. The molecule has 0 aliphatic carbocycles. The zero-order valence-corrected chi connectivity index (χ0v) is 16.7. The molecule has 4 rings (SSSR count).